The highest BCUT2D eigenvalue weighted by Crippen LogP contribution is 2.26. The Morgan fingerprint density at radius 3 is 2.00 bits per heavy atom. The highest BCUT2D eigenvalue weighted by Gasteiger charge is 2.24. The molecule has 0 aliphatic heterocycles. The van der Waals surface area contributed by atoms with Gasteiger partial charge in [-0.1, -0.05) is 109 Å². The van der Waals surface area contributed by atoms with Crippen LogP contribution in [0.25, 0.3) is 11.1 Å². The van der Waals surface area contributed by atoms with Crippen LogP contribution in [0.3, 0.4) is 0 Å². The van der Waals surface area contributed by atoms with Crippen LogP contribution in [-0.2, 0) is 13.1 Å². The first-order chi connectivity index (χ1) is 18.2. The molecular formula is C33H26N2O2. The molecule has 0 saturated heterocycles. The lowest BCUT2D eigenvalue weighted by atomic mass is 9.96. The number of aromatic nitrogens is 1. The average molecular weight is 483 g/mol. The van der Waals surface area contributed by atoms with Crippen molar-refractivity contribution in [2.24, 2.45) is 0 Å². The molecule has 1 aromatic heterocycles. The molecule has 0 bridgehead atoms. The van der Waals surface area contributed by atoms with E-state index >= 15 is 0 Å². The first-order valence-corrected chi connectivity index (χ1v) is 12.2. The standard InChI is InChI=1S/C33H26N2O2/c36-32(27-15-5-2-6-16-27)30-19-9-10-20-31(30)33(37)35(23-25-12-11-21-34-22-25)24-28-17-7-8-18-29(28)26-13-3-1-4-14-26/h1-22H,23-24H2. The van der Waals surface area contributed by atoms with Gasteiger partial charge < -0.3 is 4.90 Å². The number of benzene rings is 4. The maximum absolute atomic E-state index is 14.1. The fourth-order valence-electron chi connectivity index (χ4n) is 4.46. The zero-order valence-electron chi connectivity index (χ0n) is 20.3. The summed E-state index contributed by atoms with van der Waals surface area (Å²) in [6.07, 6.45) is 3.48. The van der Waals surface area contributed by atoms with E-state index in [1.165, 1.54) is 0 Å². The predicted molar refractivity (Wildman–Crippen MR) is 146 cm³/mol. The van der Waals surface area contributed by atoms with Crippen LogP contribution < -0.4 is 0 Å². The highest BCUT2D eigenvalue weighted by molar-refractivity contribution is 6.15. The lowest BCUT2D eigenvalue weighted by molar-refractivity contribution is 0.0726. The molecule has 0 fully saturated rings. The molecule has 4 nitrogen and oxygen atoms in total. The summed E-state index contributed by atoms with van der Waals surface area (Å²) in [6.45, 7) is 0.746. The summed E-state index contributed by atoms with van der Waals surface area (Å²) < 4.78 is 0. The van der Waals surface area contributed by atoms with E-state index in [9.17, 15) is 9.59 Å². The van der Waals surface area contributed by atoms with Gasteiger partial charge in [0.2, 0.25) is 0 Å². The van der Waals surface area contributed by atoms with E-state index in [2.05, 4.69) is 23.2 Å². The smallest absolute Gasteiger partial charge is 0.255 e. The van der Waals surface area contributed by atoms with Crippen molar-refractivity contribution in [1.29, 1.82) is 0 Å². The summed E-state index contributed by atoms with van der Waals surface area (Å²) in [5.74, 6) is -0.373. The monoisotopic (exact) mass is 482 g/mol. The maximum Gasteiger partial charge on any atom is 0.255 e. The normalized spacial score (nSPS) is 10.6. The summed E-state index contributed by atoms with van der Waals surface area (Å²) in [7, 11) is 0. The second kappa shape index (κ2) is 11.3. The summed E-state index contributed by atoms with van der Waals surface area (Å²) in [6, 6.07) is 38.2. The molecule has 0 aliphatic rings. The van der Waals surface area contributed by atoms with Crippen molar-refractivity contribution in [3.63, 3.8) is 0 Å². The van der Waals surface area contributed by atoms with Crippen LogP contribution in [0.4, 0.5) is 0 Å². The molecule has 1 heterocycles. The number of pyridine rings is 1. The van der Waals surface area contributed by atoms with Gasteiger partial charge in [0.15, 0.2) is 5.78 Å². The lowest BCUT2D eigenvalue weighted by Gasteiger charge is -2.25. The van der Waals surface area contributed by atoms with Gasteiger partial charge >= 0.3 is 0 Å². The Morgan fingerprint density at radius 2 is 1.27 bits per heavy atom. The molecular weight excluding hydrogens is 456 g/mol. The molecule has 0 N–H and O–H groups in total. The van der Waals surface area contributed by atoms with Crippen molar-refractivity contribution < 1.29 is 9.59 Å². The van der Waals surface area contributed by atoms with Gasteiger partial charge in [0.1, 0.15) is 0 Å². The minimum Gasteiger partial charge on any atom is -0.330 e. The van der Waals surface area contributed by atoms with Gasteiger partial charge in [0, 0.05) is 36.6 Å². The van der Waals surface area contributed by atoms with Gasteiger partial charge in [-0.05, 0) is 34.4 Å². The van der Waals surface area contributed by atoms with E-state index in [4.69, 9.17) is 0 Å². The third-order valence-corrected chi connectivity index (χ3v) is 6.28. The van der Waals surface area contributed by atoms with Crippen LogP contribution in [-0.4, -0.2) is 21.6 Å². The Hall–Kier alpha value is -4.83. The molecule has 4 heteroatoms. The molecule has 0 spiro atoms. The number of ketones is 1. The molecule has 0 aliphatic carbocycles. The number of carbonyl (C=O) groups excluding carboxylic acids is 2. The van der Waals surface area contributed by atoms with Crippen LogP contribution in [0, 0.1) is 0 Å². The number of hydrogen-bond donors (Lipinski definition) is 0. The van der Waals surface area contributed by atoms with Gasteiger partial charge in [-0.25, -0.2) is 0 Å². The molecule has 180 valence electrons. The summed E-state index contributed by atoms with van der Waals surface area (Å²) in [5.41, 5.74) is 5.43. The zero-order chi connectivity index (χ0) is 25.5. The van der Waals surface area contributed by atoms with Crippen LogP contribution >= 0.6 is 0 Å². The first kappa shape index (κ1) is 23.9. The van der Waals surface area contributed by atoms with E-state index in [1.54, 1.807) is 53.7 Å². The quantitative estimate of drug-likeness (QED) is 0.228. The SMILES string of the molecule is O=C(c1ccccc1)c1ccccc1C(=O)N(Cc1cccnc1)Cc1ccccc1-c1ccccc1. The summed E-state index contributed by atoms with van der Waals surface area (Å²) in [4.78, 5) is 33.5. The number of hydrogen-bond acceptors (Lipinski definition) is 3. The van der Waals surface area contributed by atoms with Crippen molar-refractivity contribution in [1.82, 2.24) is 9.88 Å². The molecule has 0 saturated carbocycles. The van der Waals surface area contributed by atoms with Crippen LogP contribution in [0.1, 0.15) is 37.4 Å². The Morgan fingerprint density at radius 1 is 0.622 bits per heavy atom. The van der Waals surface area contributed by atoms with Gasteiger partial charge in [0.05, 0.1) is 5.56 Å². The minimum atomic E-state index is -0.202. The van der Waals surface area contributed by atoms with E-state index in [-0.39, 0.29) is 11.7 Å². The van der Waals surface area contributed by atoms with E-state index in [1.807, 2.05) is 66.7 Å². The van der Waals surface area contributed by atoms with Crippen LogP contribution in [0.2, 0.25) is 0 Å². The van der Waals surface area contributed by atoms with E-state index < -0.39 is 0 Å². The fraction of sp³-hybridized carbons (Fsp3) is 0.0606. The Kier molecular flexibility index (Phi) is 7.28. The Bertz CT molecular complexity index is 1500. The van der Waals surface area contributed by atoms with Crippen molar-refractivity contribution in [2.75, 3.05) is 0 Å². The molecule has 1 amide bonds. The van der Waals surface area contributed by atoms with Crippen molar-refractivity contribution >= 4 is 11.7 Å². The topological polar surface area (TPSA) is 50.3 Å². The van der Waals surface area contributed by atoms with Crippen molar-refractivity contribution in [2.45, 2.75) is 13.1 Å². The summed E-state index contributed by atoms with van der Waals surface area (Å²) in [5, 5.41) is 0. The first-order valence-electron chi connectivity index (χ1n) is 12.2. The second-order valence-electron chi connectivity index (χ2n) is 8.79. The number of amides is 1. The lowest BCUT2D eigenvalue weighted by Crippen LogP contribution is -2.31. The molecule has 0 atom stereocenters. The third-order valence-electron chi connectivity index (χ3n) is 6.28. The predicted octanol–water partition coefficient (Wildman–Crippen LogP) is 6.82. The van der Waals surface area contributed by atoms with Gasteiger partial charge in [-0.2, -0.15) is 0 Å². The number of carbonyl (C=O) groups is 2. The minimum absolute atomic E-state index is 0.171. The molecule has 5 aromatic rings. The Labute approximate surface area is 216 Å². The molecule has 0 unspecified atom stereocenters. The largest absolute Gasteiger partial charge is 0.330 e. The zero-order valence-corrected chi connectivity index (χ0v) is 20.3. The average Bonchev–Trinajstić information content (AvgIpc) is 2.98. The van der Waals surface area contributed by atoms with Crippen LogP contribution in [0.5, 0.6) is 0 Å². The van der Waals surface area contributed by atoms with Gasteiger partial charge in [0.25, 0.3) is 5.91 Å². The molecule has 37 heavy (non-hydrogen) atoms. The third kappa shape index (κ3) is 5.54. The maximum atomic E-state index is 14.1. The molecule has 0 radical (unpaired) electrons. The molecule has 4 aromatic carbocycles. The van der Waals surface area contributed by atoms with Gasteiger partial charge in [-0.15, -0.1) is 0 Å². The molecule has 5 rings (SSSR count). The van der Waals surface area contributed by atoms with Crippen molar-refractivity contribution in [3.05, 3.63) is 162 Å². The van der Waals surface area contributed by atoms with Crippen molar-refractivity contribution in [3.8, 4) is 11.1 Å². The second-order valence-corrected chi connectivity index (χ2v) is 8.79. The highest BCUT2D eigenvalue weighted by atomic mass is 16.2. The van der Waals surface area contributed by atoms with Crippen LogP contribution in [0.15, 0.2) is 134 Å². The fourth-order valence-corrected chi connectivity index (χ4v) is 4.46. The number of nitrogens with zero attached hydrogens (tertiary/aromatic N) is 2. The summed E-state index contributed by atoms with van der Waals surface area (Å²) >= 11 is 0. The van der Waals surface area contributed by atoms with Gasteiger partial charge in [-0.3, -0.25) is 14.6 Å². The number of rotatable bonds is 8. The van der Waals surface area contributed by atoms with E-state index in [0.29, 0.717) is 29.8 Å². The Balaban J connectivity index is 1.54. The van der Waals surface area contributed by atoms with E-state index in [0.717, 1.165) is 22.3 Å².